The average molecular weight is 324 g/mol. The largest absolute Gasteiger partial charge is 0.397 e. The molecule has 1 aromatic rings. The molecule has 2 N–H and O–H groups in total. The number of nitrogens with zero attached hydrogens (tertiary/aromatic N) is 2. The molecule has 104 valence electrons. The van der Waals surface area contributed by atoms with Gasteiger partial charge in [0.25, 0.3) is 0 Å². The van der Waals surface area contributed by atoms with Gasteiger partial charge in [0, 0.05) is 12.6 Å². The first kappa shape index (κ1) is 13.2. The van der Waals surface area contributed by atoms with Crippen molar-refractivity contribution in [3.8, 4) is 0 Å². The molecule has 2 heterocycles. The Morgan fingerprint density at radius 2 is 2.00 bits per heavy atom. The van der Waals surface area contributed by atoms with E-state index in [9.17, 15) is 0 Å². The van der Waals surface area contributed by atoms with E-state index in [4.69, 9.17) is 5.73 Å². The van der Waals surface area contributed by atoms with Crippen LogP contribution in [-0.4, -0.2) is 17.6 Å². The number of anilines is 2. The van der Waals surface area contributed by atoms with E-state index < -0.39 is 0 Å². The maximum Gasteiger partial charge on any atom is 0.143 e. The van der Waals surface area contributed by atoms with Crippen molar-refractivity contribution >= 4 is 27.4 Å². The summed E-state index contributed by atoms with van der Waals surface area (Å²) in [6.07, 6.45) is 9.98. The Hall–Kier alpha value is -0.770. The molecule has 0 radical (unpaired) electrons. The number of hydrogen-bond acceptors (Lipinski definition) is 3. The molecule has 1 saturated carbocycles. The first-order chi connectivity index (χ1) is 9.18. The van der Waals surface area contributed by atoms with Crippen LogP contribution in [0.15, 0.2) is 10.7 Å². The summed E-state index contributed by atoms with van der Waals surface area (Å²) in [4.78, 5) is 7.14. The normalized spacial score (nSPS) is 27.2. The summed E-state index contributed by atoms with van der Waals surface area (Å²) in [5, 5.41) is 0. The van der Waals surface area contributed by atoms with Crippen LogP contribution < -0.4 is 10.6 Å². The fraction of sp³-hybridized carbons (Fsp3) is 0.667. The second kappa shape index (κ2) is 5.31. The van der Waals surface area contributed by atoms with Gasteiger partial charge in [-0.2, -0.15) is 0 Å². The van der Waals surface area contributed by atoms with E-state index in [1.54, 1.807) is 0 Å². The third kappa shape index (κ3) is 2.35. The van der Waals surface area contributed by atoms with E-state index >= 15 is 0 Å². The smallest absolute Gasteiger partial charge is 0.143 e. The van der Waals surface area contributed by atoms with Crippen molar-refractivity contribution in [3.63, 3.8) is 0 Å². The molecule has 0 amide bonds. The van der Waals surface area contributed by atoms with Gasteiger partial charge in [0.05, 0.1) is 16.4 Å². The molecule has 1 aromatic heterocycles. The van der Waals surface area contributed by atoms with Crippen LogP contribution in [0.3, 0.4) is 0 Å². The van der Waals surface area contributed by atoms with Gasteiger partial charge in [0.1, 0.15) is 5.82 Å². The summed E-state index contributed by atoms with van der Waals surface area (Å²) in [7, 11) is 0. The van der Waals surface area contributed by atoms with Gasteiger partial charge in [-0.05, 0) is 60.0 Å². The Morgan fingerprint density at radius 1 is 1.26 bits per heavy atom. The van der Waals surface area contributed by atoms with Gasteiger partial charge in [-0.15, -0.1) is 0 Å². The predicted molar refractivity (Wildman–Crippen MR) is 83.4 cm³/mol. The molecule has 19 heavy (non-hydrogen) atoms. The highest BCUT2D eigenvalue weighted by atomic mass is 79.9. The van der Waals surface area contributed by atoms with Crippen LogP contribution in [0.1, 0.15) is 44.1 Å². The number of fused-ring (bicyclic) bond motifs is 1. The van der Waals surface area contributed by atoms with Crippen molar-refractivity contribution in [2.45, 2.75) is 51.5 Å². The Kier molecular flexibility index (Phi) is 3.70. The number of hydrogen-bond donors (Lipinski definition) is 1. The monoisotopic (exact) mass is 323 g/mol. The van der Waals surface area contributed by atoms with Gasteiger partial charge >= 0.3 is 0 Å². The second-order valence-electron chi connectivity index (χ2n) is 5.92. The minimum atomic E-state index is 0.689. The van der Waals surface area contributed by atoms with E-state index in [0.29, 0.717) is 6.04 Å². The highest BCUT2D eigenvalue weighted by molar-refractivity contribution is 9.10. The first-order valence-electron chi connectivity index (χ1n) is 7.35. The van der Waals surface area contributed by atoms with Crippen LogP contribution in [-0.2, 0) is 0 Å². The zero-order valence-electron chi connectivity index (χ0n) is 11.5. The highest BCUT2D eigenvalue weighted by Crippen LogP contribution is 2.40. The molecule has 1 saturated heterocycles. The summed E-state index contributed by atoms with van der Waals surface area (Å²) in [6.45, 7) is 3.20. The number of halogens is 1. The molecule has 2 fully saturated rings. The van der Waals surface area contributed by atoms with Crippen molar-refractivity contribution < 1.29 is 0 Å². The van der Waals surface area contributed by atoms with Gasteiger partial charge in [0.2, 0.25) is 0 Å². The van der Waals surface area contributed by atoms with Gasteiger partial charge in [-0.25, -0.2) is 4.98 Å². The molecule has 2 aliphatic rings. The lowest BCUT2D eigenvalue weighted by molar-refractivity contribution is 0.242. The molecule has 0 unspecified atom stereocenters. The zero-order valence-corrected chi connectivity index (χ0v) is 13.1. The van der Waals surface area contributed by atoms with Crippen molar-refractivity contribution in [1.29, 1.82) is 0 Å². The van der Waals surface area contributed by atoms with Crippen LogP contribution >= 0.6 is 15.9 Å². The average Bonchev–Trinajstić information content (AvgIpc) is 2.45. The van der Waals surface area contributed by atoms with Crippen molar-refractivity contribution in [3.05, 3.63) is 16.2 Å². The number of aromatic nitrogens is 1. The van der Waals surface area contributed by atoms with Crippen molar-refractivity contribution in [1.82, 2.24) is 4.98 Å². The predicted octanol–water partition coefficient (Wildman–Crippen LogP) is 3.89. The molecular weight excluding hydrogens is 302 g/mol. The minimum absolute atomic E-state index is 0.689. The third-order valence-corrected chi connectivity index (χ3v) is 5.75. The standard InChI is InChI=1S/C15H22BrN3/c1-10-12(17)9-18-15(14(10)16)19-8-4-6-11-5-2-3-7-13(11)19/h9,11,13H,2-8,17H2,1H3/t11-,13-/m1/s1. The van der Waals surface area contributed by atoms with Gasteiger partial charge in [-0.3, -0.25) is 0 Å². The maximum atomic E-state index is 5.94. The SMILES string of the molecule is Cc1c(N)cnc(N2CCC[C@H]3CCCC[C@H]32)c1Br. The fourth-order valence-electron chi connectivity index (χ4n) is 3.67. The Labute approximate surface area is 123 Å². The van der Waals surface area contributed by atoms with Crippen molar-refractivity contribution in [2.75, 3.05) is 17.2 Å². The minimum Gasteiger partial charge on any atom is -0.397 e. The summed E-state index contributed by atoms with van der Waals surface area (Å²) in [5.74, 6) is 1.97. The van der Waals surface area contributed by atoms with E-state index in [0.717, 1.165) is 34.0 Å². The molecule has 3 nitrogen and oxygen atoms in total. The number of rotatable bonds is 1. The lowest BCUT2D eigenvalue weighted by Crippen LogP contribution is -2.47. The molecule has 0 aromatic carbocycles. The quantitative estimate of drug-likeness (QED) is 0.852. The number of piperidine rings is 1. The molecule has 3 rings (SSSR count). The molecule has 0 bridgehead atoms. The van der Waals surface area contributed by atoms with E-state index in [-0.39, 0.29) is 0 Å². The summed E-state index contributed by atoms with van der Waals surface area (Å²) in [6, 6.07) is 0.689. The van der Waals surface area contributed by atoms with Crippen LogP contribution in [0.4, 0.5) is 11.5 Å². The number of nitrogens with two attached hydrogens (primary N) is 1. The van der Waals surface area contributed by atoms with Crippen LogP contribution in [0.2, 0.25) is 0 Å². The fourth-order valence-corrected chi connectivity index (χ4v) is 4.23. The van der Waals surface area contributed by atoms with E-state index in [1.807, 2.05) is 6.20 Å². The summed E-state index contributed by atoms with van der Waals surface area (Å²) in [5.41, 5.74) is 7.82. The molecule has 1 aliphatic heterocycles. The Balaban J connectivity index is 1.94. The highest BCUT2D eigenvalue weighted by Gasteiger charge is 2.34. The molecule has 0 spiro atoms. The van der Waals surface area contributed by atoms with Crippen molar-refractivity contribution in [2.24, 2.45) is 5.92 Å². The Bertz CT molecular complexity index is 473. The van der Waals surface area contributed by atoms with Crippen LogP contribution in [0.5, 0.6) is 0 Å². The molecule has 4 heteroatoms. The molecule has 1 aliphatic carbocycles. The number of pyridine rings is 1. The summed E-state index contributed by atoms with van der Waals surface area (Å²) >= 11 is 3.70. The van der Waals surface area contributed by atoms with Crippen LogP contribution in [0, 0.1) is 12.8 Å². The lowest BCUT2D eigenvalue weighted by Gasteiger charge is -2.45. The molecule has 2 atom stereocenters. The van der Waals surface area contributed by atoms with Gasteiger partial charge < -0.3 is 10.6 Å². The maximum absolute atomic E-state index is 5.94. The topological polar surface area (TPSA) is 42.1 Å². The first-order valence-corrected chi connectivity index (χ1v) is 8.15. The number of nitrogen functional groups attached to an aromatic ring is 1. The second-order valence-corrected chi connectivity index (χ2v) is 6.72. The van der Waals surface area contributed by atoms with E-state index in [1.165, 1.54) is 38.5 Å². The molecular formula is C15H22BrN3. The van der Waals surface area contributed by atoms with Gasteiger partial charge in [-0.1, -0.05) is 12.8 Å². The summed E-state index contributed by atoms with van der Waals surface area (Å²) < 4.78 is 1.08. The van der Waals surface area contributed by atoms with Gasteiger partial charge in [0.15, 0.2) is 0 Å². The lowest BCUT2D eigenvalue weighted by atomic mass is 9.78. The Morgan fingerprint density at radius 3 is 2.84 bits per heavy atom. The van der Waals surface area contributed by atoms with E-state index in [2.05, 4.69) is 32.7 Å². The van der Waals surface area contributed by atoms with Crippen LogP contribution in [0.25, 0.3) is 0 Å². The third-order valence-electron chi connectivity index (χ3n) is 4.80. The zero-order chi connectivity index (χ0) is 13.4.